The number of aromatic nitrogens is 4. The number of likely N-dealkylation sites (N-methyl/N-ethyl adjacent to an activating group) is 1. The first-order valence-electron chi connectivity index (χ1n) is 12.9. The zero-order valence-electron chi connectivity index (χ0n) is 23.3. The largest absolute Gasteiger partial charge is 0.493 e. The van der Waals surface area contributed by atoms with Crippen molar-refractivity contribution in [2.45, 2.75) is 31.6 Å². The summed E-state index contributed by atoms with van der Waals surface area (Å²) in [4.78, 5) is 41.8. The van der Waals surface area contributed by atoms with Crippen LogP contribution in [0.3, 0.4) is 0 Å². The maximum Gasteiger partial charge on any atom is 0.328 e. The van der Waals surface area contributed by atoms with Gasteiger partial charge >= 0.3 is 11.9 Å². The number of benzene rings is 1. The lowest BCUT2D eigenvalue weighted by Gasteiger charge is -2.31. The van der Waals surface area contributed by atoms with E-state index in [9.17, 15) is 22.8 Å². The van der Waals surface area contributed by atoms with E-state index in [0.29, 0.717) is 73.7 Å². The number of ether oxygens (including phenoxy) is 1. The van der Waals surface area contributed by atoms with Gasteiger partial charge in [0.25, 0.3) is 5.56 Å². The standard InChI is InChI=1S/C22H30N6O4S.C4H4O4/c1-5-7-17-19-20(27(4)25-17)22(29)24-21(23-19)16-14-15(8-9-18(16)32-6-2)33(30,31)28-12-10-26(3)11-13-28;5-3(6)1-2-4(7)8/h8-9,14H,5-7,10-13H2,1-4H3,(H,23,24,29);1-2H,(H,5,6)(H,7,8)/b;2-1+. The van der Waals surface area contributed by atoms with Crippen LogP contribution in [0.2, 0.25) is 0 Å². The third-order valence-electron chi connectivity index (χ3n) is 6.22. The minimum Gasteiger partial charge on any atom is -0.493 e. The molecule has 0 atom stereocenters. The van der Waals surface area contributed by atoms with Gasteiger partial charge in [0.1, 0.15) is 17.1 Å². The summed E-state index contributed by atoms with van der Waals surface area (Å²) < 4.78 is 35.4. The van der Waals surface area contributed by atoms with Crippen LogP contribution in [-0.2, 0) is 33.1 Å². The molecule has 0 saturated carbocycles. The highest BCUT2D eigenvalue weighted by Gasteiger charge is 2.29. The van der Waals surface area contributed by atoms with E-state index in [1.165, 1.54) is 8.99 Å². The lowest BCUT2D eigenvalue weighted by atomic mass is 10.1. The first-order chi connectivity index (χ1) is 19.4. The topological polar surface area (TPSA) is 188 Å². The maximum absolute atomic E-state index is 13.3. The molecule has 15 heteroatoms. The average Bonchev–Trinajstić information content (AvgIpc) is 3.24. The Morgan fingerprint density at radius 1 is 1.07 bits per heavy atom. The third-order valence-corrected chi connectivity index (χ3v) is 8.12. The molecule has 222 valence electrons. The molecule has 1 fully saturated rings. The van der Waals surface area contributed by atoms with Crippen molar-refractivity contribution in [3.63, 3.8) is 0 Å². The smallest absolute Gasteiger partial charge is 0.328 e. The van der Waals surface area contributed by atoms with E-state index in [1.807, 2.05) is 20.9 Å². The van der Waals surface area contributed by atoms with Gasteiger partial charge in [-0.3, -0.25) is 9.48 Å². The molecule has 1 aromatic carbocycles. The van der Waals surface area contributed by atoms with Gasteiger partial charge < -0.3 is 24.8 Å². The second-order valence-electron chi connectivity index (χ2n) is 9.24. The van der Waals surface area contributed by atoms with Crippen molar-refractivity contribution in [2.24, 2.45) is 7.05 Å². The molecule has 3 N–H and O–H groups in total. The molecule has 3 heterocycles. The lowest BCUT2D eigenvalue weighted by molar-refractivity contribution is -0.134. The number of aliphatic carboxylic acids is 2. The molecular formula is C26H34N6O8S. The minimum atomic E-state index is -3.70. The summed E-state index contributed by atoms with van der Waals surface area (Å²) >= 11 is 0. The van der Waals surface area contributed by atoms with Crippen molar-refractivity contribution in [1.82, 2.24) is 29.0 Å². The predicted octanol–water partition coefficient (Wildman–Crippen LogP) is 1.32. The summed E-state index contributed by atoms with van der Waals surface area (Å²) in [5, 5.41) is 20.1. The molecule has 0 aliphatic carbocycles. The van der Waals surface area contributed by atoms with Crippen molar-refractivity contribution in [2.75, 3.05) is 39.8 Å². The van der Waals surface area contributed by atoms with Gasteiger partial charge in [-0.1, -0.05) is 13.3 Å². The third kappa shape index (κ3) is 7.56. The van der Waals surface area contributed by atoms with Crippen molar-refractivity contribution in [3.05, 3.63) is 46.4 Å². The summed E-state index contributed by atoms with van der Waals surface area (Å²) in [5.41, 5.74) is 1.75. The SMILES string of the molecule is CCCc1nn(C)c2c(=O)[nH]c(-c3cc(S(=O)(=O)N4CCN(C)CC4)ccc3OCC)nc12.O=C(O)/C=C/C(=O)O. The van der Waals surface area contributed by atoms with Crippen molar-refractivity contribution in [3.8, 4) is 17.1 Å². The van der Waals surface area contributed by atoms with Crippen LogP contribution in [0.1, 0.15) is 26.0 Å². The highest BCUT2D eigenvalue weighted by atomic mass is 32.2. The van der Waals surface area contributed by atoms with Crippen LogP contribution in [-0.4, -0.2) is 99.4 Å². The molecule has 2 aromatic heterocycles. The predicted molar refractivity (Wildman–Crippen MR) is 150 cm³/mol. The van der Waals surface area contributed by atoms with E-state index in [4.69, 9.17) is 19.9 Å². The molecular weight excluding hydrogens is 556 g/mol. The van der Waals surface area contributed by atoms with Crippen LogP contribution in [0.15, 0.2) is 40.0 Å². The number of nitrogens with one attached hydrogen (secondary N) is 1. The number of carbonyl (C=O) groups is 2. The van der Waals surface area contributed by atoms with E-state index >= 15 is 0 Å². The Morgan fingerprint density at radius 3 is 2.27 bits per heavy atom. The highest BCUT2D eigenvalue weighted by molar-refractivity contribution is 7.89. The molecule has 0 radical (unpaired) electrons. The van der Waals surface area contributed by atoms with Gasteiger partial charge in [0.2, 0.25) is 10.0 Å². The fourth-order valence-electron chi connectivity index (χ4n) is 4.24. The Balaban J connectivity index is 0.000000507. The molecule has 14 nitrogen and oxygen atoms in total. The van der Waals surface area contributed by atoms with Crippen molar-refractivity contribution in [1.29, 1.82) is 0 Å². The van der Waals surface area contributed by atoms with E-state index in [-0.39, 0.29) is 16.3 Å². The van der Waals surface area contributed by atoms with Crippen LogP contribution in [0.5, 0.6) is 5.75 Å². The van der Waals surface area contributed by atoms with Gasteiger partial charge in [-0.05, 0) is 38.6 Å². The van der Waals surface area contributed by atoms with E-state index < -0.39 is 22.0 Å². The van der Waals surface area contributed by atoms with Crippen LogP contribution >= 0.6 is 0 Å². The fraction of sp³-hybridized carbons (Fsp3) is 0.423. The number of piperazine rings is 1. The number of carboxylic acids is 2. The van der Waals surface area contributed by atoms with Gasteiger partial charge in [-0.2, -0.15) is 9.40 Å². The zero-order chi connectivity index (χ0) is 30.3. The highest BCUT2D eigenvalue weighted by Crippen LogP contribution is 2.32. The molecule has 0 unspecified atom stereocenters. The number of hydrogen-bond acceptors (Lipinski definition) is 9. The van der Waals surface area contributed by atoms with Gasteiger partial charge in [0.05, 0.1) is 22.8 Å². The zero-order valence-corrected chi connectivity index (χ0v) is 24.1. The van der Waals surface area contributed by atoms with Crippen LogP contribution < -0.4 is 10.3 Å². The summed E-state index contributed by atoms with van der Waals surface area (Å²) in [6, 6.07) is 4.71. The van der Waals surface area contributed by atoms with Gasteiger partial charge in [-0.25, -0.2) is 23.0 Å². The first kappa shape index (κ1) is 31.4. The minimum absolute atomic E-state index is 0.147. The number of aromatic amines is 1. The second kappa shape index (κ2) is 13.5. The van der Waals surface area contributed by atoms with Crippen LogP contribution in [0.25, 0.3) is 22.4 Å². The normalized spacial score (nSPS) is 14.6. The van der Waals surface area contributed by atoms with E-state index in [0.717, 1.165) is 12.1 Å². The summed E-state index contributed by atoms with van der Waals surface area (Å²) in [7, 11) is -0.00831. The average molecular weight is 591 g/mol. The fourth-order valence-corrected chi connectivity index (χ4v) is 5.68. The number of aryl methyl sites for hydroxylation is 2. The van der Waals surface area contributed by atoms with Gasteiger partial charge in [0.15, 0.2) is 5.52 Å². The molecule has 0 amide bonds. The molecule has 41 heavy (non-hydrogen) atoms. The number of nitrogens with zero attached hydrogens (tertiary/aromatic N) is 5. The quantitative estimate of drug-likeness (QED) is 0.305. The Hall–Kier alpha value is -4.08. The van der Waals surface area contributed by atoms with Gasteiger partial charge in [-0.15, -0.1) is 0 Å². The van der Waals surface area contributed by atoms with Crippen LogP contribution in [0, 0.1) is 0 Å². The Morgan fingerprint density at radius 2 is 1.71 bits per heavy atom. The molecule has 0 bridgehead atoms. The first-order valence-corrected chi connectivity index (χ1v) is 14.4. The Labute approximate surface area is 236 Å². The molecule has 3 aromatic rings. The molecule has 1 aliphatic rings. The molecule has 1 aliphatic heterocycles. The van der Waals surface area contributed by atoms with E-state index in [2.05, 4.69) is 15.0 Å². The summed E-state index contributed by atoms with van der Waals surface area (Å²) in [6.45, 7) is 6.48. The summed E-state index contributed by atoms with van der Waals surface area (Å²) in [6.07, 6.45) is 2.66. The monoisotopic (exact) mass is 590 g/mol. The van der Waals surface area contributed by atoms with Crippen LogP contribution in [0.4, 0.5) is 0 Å². The Kier molecular flexibility index (Phi) is 10.4. The lowest BCUT2D eigenvalue weighted by Crippen LogP contribution is -2.47. The van der Waals surface area contributed by atoms with Crippen molar-refractivity contribution < 1.29 is 33.0 Å². The number of sulfonamides is 1. The summed E-state index contributed by atoms with van der Waals surface area (Å²) in [5.74, 6) is -1.80. The molecule has 1 saturated heterocycles. The van der Waals surface area contributed by atoms with Crippen molar-refractivity contribution >= 4 is 33.0 Å². The number of hydrogen-bond donors (Lipinski definition) is 3. The number of carboxylic acid groups (broad SMARTS) is 2. The molecule has 0 spiro atoms. The van der Waals surface area contributed by atoms with E-state index in [1.54, 1.807) is 25.2 Å². The number of H-pyrrole nitrogens is 1. The second-order valence-corrected chi connectivity index (χ2v) is 11.2. The maximum atomic E-state index is 13.3. The molecule has 4 rings (SSSR count). The number of rotatable bonds is 9. The van der Waals surface area contributed by atoms with Gasteiger partial charge in [0, 0.05) is 45.4 Å². The Bertz CT molecular complexity index is 1590. The number of fused-ring (bicyclic) bond motifs is 1.